The Hall–Kier alpha value is -9.64. The number of nitrogens with zero attached hydrogens (tertiary/aromatic N) is 2. The molecular weight excluding hydrogens is 961 g/mol. The Labute approximate surface area is 459 Å². The van der Waals surface area contributed by atoms with Crippen LogP contribution >= 0.6 is 0 Å². The number of rotatable bonds is 8. The average Bonchev–Trinajstić information content (AvgIpc) is 3.40. The van der Waals surface area contributed by atoms with Gasteiger partial charge < -0.3 is 18.6 Å². The molecule has 1 spiro atoms. The molecule has 16 rings (SSSR count). The third-order valence-corrected chi connectivity index (χ3v) is 17.3. The minimum absolute atomic E-state index is 0.301. The van der Waals surface area contributed by atoms with Gasteiger partial charge in [-0.05, 0) is 138 Å². The van der Waals surface area contributed by atoms with Gasteiger partial charge in [0.1, 0.15) is 11.2 Å². The van der Waals surface area contributed by atoms with Crippen LogP contribution in [0.25, 0.3) is 87.7 Å². The average molecular weight is 1020 g/mol. The first kappa shape index (κ1) is 45.5. The highest BCUT2D eigenvalue weighted by Crippen LogP contribution is 2.66. The topological polar surface area (TPSA) is 32.8 Å². The van der Waals surface area contributed by atoms with Crippen LogP contribution < -0.4 is 9.80 Å². The molecular formula is C75H54N2O2. The van der Waals surface area contributed by atoms with Crippen molar-refractivity contribution in [2.75, 3.05) is 9.80 Å². The van der Waals surface area contributed by atoms with E-state index in [9.17, 15) is 0 Å². The Balaban J connectivity index is 0.976. The van der Waals surface area contributed by atoms with Crippen LogP contribution in [0.1, 0.15) is 72.9 Å². The monoisotopic (exact) mass is 1010 g/mol. The maximum Gasteiger partial charge on any atom is 0.159 e. The Morgan fingerprint density at radius 1 is 0.316 bits per heavy atom. The van der Waals surface area contributed by atoms with E-state index in [0.717, 1.165) is 88.8 Å². The molecule has 2 heterocycles. The molecule has 79 heavy (non-hydrogen) atoms. The second-order valence-electron chi connectivity index (χ2n) is 22.2. The van der Waals surface area contributed by atoms with Gasteiger partial charge in [-0.25, -0.2) is 0 Å². The van der Waals surface area contributed by atoms with Gasteiger partial charge in [0.05, 0.1) is 22.5 Å². The lowest BCUT2D eigenvalue weighted by Crippen LogP contribution is -2.26. The number of para-hydroxylation sites is 6. The van der Waals surface area contributed by atoms with Crippen LogP contribution in [0, 0.1) is 0 Å². The van der Waals surface area contributed by atoms with E-state index in [1.807, 2.05) is 0 Å². The van der Waals surface area contributed by atoms with E-state index in [1.54, 1.807) is 0 Å². The van der Waals surface area contributed by atoms with Crippen molar-refractivity contribution in [3.8, 4) is 22.3 Å². The van der Waals surface area contributed by atoms with Gasteiger partial charge >= 0.3 is 0 Å². The molecule has 2 aliphatic rings. The van der Waals surface area contributed by atoms with Crippen LogP contribution in [0.2, 0.25) is 0 Å². The van der Waals surface area contributed by atoms with Crippen LogP contribution in [0.3, 0.4) is 0 Å². The van der Waals surface area contributed by atoms with Gasteiger partial charge in [0.25, 0.3) is 0 Å². The minimum atomic E-state index is -0.676. The largest absolute Gasteiger partial charge is 0.454 e. The maximum absolute atomic E-state index is 7.17. The molecule has 0 aliphatic heterocycles. The van der Waals surface area contributed by atoms with Crippen molar-refractivity contribution in [2.24, 2.45) is 0 Å². The van der Waals surface area contributed by atoms with Gasteiger partial charge in [-0.1, -0.05) is 216 Å². The molecule has 12 aromatic carbocycles. The first-order valence-electron chi connectivity index (χ1n) is 27.8. The van der Waals surface area contributed by atoms with Crippen molar-refractivity contribution in [3.05, 3.63) is 276 Å². The van der Waals surface area contributed by atoms with Crippen LogP contribution in [0.15, 0.2) is 251 Å². The molecule has 0 atom stereocenters. The SMILES string of the molecule is CC(C)c1cccc2c1oc1c(N(c3ccccc3)c3ccc4c5c(ccc4c3)-c3c(cc(N(c4ccccc4)c4cccc6c4oc4c(C(C)C)cccc46)c4ccccc34)C53c4ccccc4-c4ccccc43)cccc12. The number of hydrogen-bond acceptors (Lipinski definition) is 4. The highest BCUT2D eigenvalue weighted by molar-refractivity contribution is 6.18. The molecule has 0 saturated heterocycles. The third kappa shape index (κ3) is 6.37. The molecule has 14 aromatic rings. The van der Waals surface area contributed by atoms with E-state index in [4.69, 9.17) is 8.83 Å². The second-order valence-corrected chi connectivity index (χ2v) is 22.2. The summed E-state index contributed by atoms with van der Waals surface area (Å²) in [4.78, 5) is 4.84. The lowest BCUT2D eigenvalue weighted by atomic mass is 9.69. The first-order chi connectivity index (χ1) is 38.9. The number of furan rings is 2. The number of anilines is 6. The van der Waals surface area contributed by atoms with Gasteiger partial charge in [0.2, 0.25) is 0 Å². The highest BCUT2D eigenvalue weighted by atomic mass is 16.3. The van der Waals surface area contributed by atoms with E-state index in [0.29, 0.717) is 11.8 Å². The molecule has 2 aromatic heterocycles. The molecule has 0 bridgehead atoms. The summed E-state index contributed by atoms with van der Waals surface area (Å²) in [6.45, 7) is 8.97. The Morgan fingerprint density at radius 3 is 1.38 bits per heavy atom. The van der Waals surface area contributed by atoms with Gasteiger partial charge in [-0.15, -0.1) is 0 Å². The van der Waals surface area contributed by atoms with Crippen LogP contribution in [0.5, 0.6) is 0 Å². The molecule has 0 saturated carbocycles. The predicted molar refractivity (Wildman–Crippen MR) is 330 cm³/mol. The Bertz CT molecular complexity index is 4770. The smallest absolute Gasteiger partial charge is 0.159 e. The zero-order chi connectivity index (χ0) is 52.7. The van der Waals surface area contributed by atoms with E-state index >= 15 is 0 Å². The lowest BCUT2D eigenvalue weighted by molar-refractivity contribution is 0.657. The fraction of sp³-hybridized carbons (Fsp3) is 0.0933. The molecule has 0 amide bonds. The fourth-order valence-corrected chi connectivity index (χ4v) is 14.0. The van der Waals surface area contributed by atoms with Gasteiger partial charge in [0, 0.05) is 44.0 Å². The molecule has 0 fully saturated rings. The van der Waals surface area contributed by atoms with Crippen LogP contribution in [-0.2, 0) is 5.41 Å². The highest BCUT2D eigenvalue weighted by Gasteiger charge is 2.53. The maximum atomic E-state index is 7.17. The van der Waals surface area contributed by atoms with Crippen molar-refractivity contribution in [2.45, 2.75) is 44.9 Å². The molecule has 2 aliphatic carbocycles. The number of hydrogen-bond donors (Lipinski definition) is 0. The summed E-state index contributed by atoms with van der Waals surface area (Å²) in [6, 6.07) is 89.8. The summed E-state index contributed by atoms with van der Waals surface area (Å²) in [5.41, 5.74) is 21.9. The van der Waals surface area contributed by atoms with Gasteiger partial charge in [-0.3, -0.25) is 0 Å². The van der Waals surface area contributed by atoms with E-state index < -0.39 is 5.41 Å². The molecule has 0 unspecified atom stereocenters. The standard InChI is InChI=1S/C75H54N2O2/c1-45(2)51-29-17-31-58-60-33-19-37-66(73(60)78-71(51)58)76(48-21-7-5-8-22-48)50-40-42-53-47(43-50)39-41-62-69-57-28-12-11-27-56(57)68(44-65(69)75(70(53)62)63-35-15-13-25-54(63)55-26-14-16-36-64(55)75)77(49-23-9-6-10-24-49)67-38-20-34-61-59-32-18-30-52(46(3)4)72(59)79-74(61)67/h5-46H,1-4H3. The second kappa shape index (κ2) is 17.2. The summed E-state index contributed by atoms with van der Waals surface area (Å²) < 4.78 is 14.2. The quantitative estimate of drug-likeness (QED) is 0.152. The lowest BCUT2D eigenvalue weighted by Gasteiger charge is -2.33. The molecule has 4 heteroatoms. The molecule has 0 radical (unpaired) electrons. The Kier molecular flexibility index (Phi) is 9.91. The van der Waals surface area contributed by atoms with E-state index in [2.05, 4.69) is 280 Å². The zero-order valence-electron chi connectivity index (χ0n) is 44.5. The van der Waals surface area contributed by atoms with Gasteiger partial charge in [-0.2, -0.15) is 0 Å². The predicted octanol–water partition coefficient (Wildman–Crippen LogP) is 21.3. The number of benzene rings is 12. The zero-order valence-corrected chi connectivity index (χ0v) is 44.5. The van der Waals surface area contributed by atoms with Crippen LogP contribution in [0.4, 0.5) is 34.1 Å². The Morgan fingerprint density at radius 2 is 0.797 bits per heavy atom. The molecule has 4 nitrogen and oxygen atoms in total. The third-order valence-electron chi connectivity index (χ3n) is 17.3. The number of fused-ring (bicyclic) bond motifs is 20. The summed E-state index contributed by atoms with van der Waals surface area (Å²) in [5, 5.41) is 9.25. The van der Waals surface area contributed by atoms with E-state index in [-0.39, 0.29) is 0 Å². The fourth-order valence-electron chi connectivity index (χ4n) is 14.0. The van der Waals surface area contributed by atoms with E-state index in [1.165, 1.54) is 66.4 Å². The molecule has 376 valence electrons. The summed E-state index contributed by atoms with van der Waals surface area (Å²) in [6.07, 6.45) is 0. The summed E-state index contributed by atoms with van der Waals surface area (Å²) in [7, 11) is 0. The van der Waals surface area contributed by atoms with Crippen molar-refractivity contribution < 1.29 is 8.83 Å². The van der Waals surface area contributed by atoms with Crippen molar-refractivity contribution >= 4 is 99.5 Å². The molecule has 0 N–H and O–H groups in total. The van der Waals surface area contributed by atoms with Crippen molar-refractivity contribution in [1.29, 1.82) is 0 Å². The summed E-state index contributed by atoms with van der Waals surface area (Å²) >= 11 is 0. The minimum Gasteiger partial charge on any atom is -0.454 e. The van der Waals surface area contributed by atoms with Crippen molar-refractivity contribution in [1.82, 2.24) is 0 Å². The van der Waals surface area contributed by atoms with Crippen molar-refractivity contribution in [3.63, 3.8) is 0 Å². The normalized spacial score (nSPS) is 13.1. The summed E-state index contributed by atoms with van der Waals surface area (Å²) in [5.74, 6) is 0.617. The first-order valence-corrected chi connectivity index (χ1v) is 27.8. The van der Waals surface area contributed by atoms with Gasteiger partial charge in [0.15, 0.2) is 11.2 Å². The van der Waals surface area contributed by atoms with Crippen LogP contribution in [-0.4, -0.2) is 0 Å².